The second kappa shape index (κ2) is 6.06. The fraction of sp³-hybridized carbons (Fsp3) is 0.400. The van der Waals surface area contributed by atoms with E-state index in [1.165, 1.54) is 0 Å². The lowest BCUT2D eigenvalue weighted by Crippen LogP contribution is -2.42. The van der Waals surface area contributed by atoms with E-state index >= 15 is 0 Å². The number of halogens is 1. The molecule has 0 radical (unpaired) electrons. The molecule has 3 heterocycles. The number of aromatic nitrogens is 2. The number of nitrogens with zero attached hydrogens (tertiary/aromatic N) is 3. The van der Waals surface area contributed by atoms with E-state index in [0.29, 0.717) is 38.4 Å². The average molecular weight is 322 g/mol. The number of rotatable bonds is 2. The lowest BCUT2D eigenvalue weighted by atomic mass is 10.2. The van der Waals surface area contributed by atoms with Gasteiger partial charge in [-0.15, -0.1) is 0 Å². The molecular weight excluding hydrogens is 306 g/mol. The number of ether oxygens (including phenoxy) is 1. The summed E-state index contributed by atoms with van der Waals surface area (Å²) in [5, 5.41) is 0.239. The largest absolute Gasteiger partial charge is 0.378 e. The molecule has 116 valence electrons. The predicted octanol–water partition coefficient (Wildman–Crippen LogP) is 1.54. The van der Waals surface area contributed by atoms with Crippen LogP contribution in [0.3, 0.4) is 0 Å². The third kappa shape index (κ3) is 2.60. The monoisotopic (exact) mass is 321 g/mol. The third-order valence-corrected chi connectivity index (χ3v) is 3.97. The molecule has 0 bridgehead atoms. The maximum atomic E-state index is 12.6. The summed E-state index contributed by atoms with van der Waals surface area (Å²) >= 11 is 5.90. The molecule has 1 amide bonds. The lowest BCUT2D eigenvalue weighted by Gasteiger charge is -2.27. The van der Waals surface area contributed by atoms with Crippen LogP contribution in [-0.4, -0.2) is 46.7 Å². The van der Waals surface area contributed by atoms with Crippen molar-refractivity contribution >= 4 is 28.5 Å². The molecule has 1 aliphatic heterocycles. The minimum atomic E-state index is -0.376. The van der Waals surface area contributed by atoms with Crippen LogP contribution >= 0.6 is 11.6 Å². The number of pyridine rings is 2. The Morgan fingerprint density at radius 3 is 2.77 bits per heavy atom. The van der Waals surface area contributed by atoms with E-state index in [9.17, 15) is 9.59 Å². The van der Waals surface area contributed by atoms with Gasteiger partial charge in [-0.3, -0.25) is 9.59 Å². The van der Waals surface area contributed by atoms with Gasteiger partial charge in [-0.25, -0.2) is 4.98 Å². The molecule has 1 fully saturated rings. The topological polar surface area (TPSA) is 64.4 Å². The van der Waals surface area contributed by atoms with Crippen molar-refractivity contribution in [1.82, 2.24) is 14.5 Å². The molecule has 6 nitrogen and oxygen atoms in total. The SMILES string of the molecule is CCn1cc(C(=O)N2CCOCC2)c(=O)c2nc(Cl)ccc21. The molecule has 2 aromatic heterocycles. The first-order chi connectivity index (χ1) is 10.6. The number of amides is 1. The van der Waals surface area contributed by atoms with Crippen LogP contribution in [0.4, 0.5) is 0 Å². The van der Waals surface area contributed by atoms with Gasteiger partial charge in [0, 0.05) is 25.8 Å². The zero-order chi connectivity index (χ0) is 15.7. The number of hydrogen-bond donors (Lipinski definition) is 0. The molecular formula is C15H16ClN3O3. The average Bonchev–Trinajstić information content (AvgIpc) is 2.56. The minimum absolute atomic E-state index is 0.131. The molecule has 1 saturated heterocycles. The summed E-state index contributed by atoms with van der Waals surface area (Å²) in [5.41, 5.74) is 0.661. The van der Waals surface area contributed by atoms with Gasteiger partial charge in [0.15, 0.2) is 0 Å². The zero-order valence-corrected chi connectivity index (χ0v) is 13.0. The molecule has 0 saturated carbocycles. The first-order valence-corrected chi connectivity index (χ1v) is 7.56. The predicted molar refractivity (Wildman–Crippen MR) is 83.4 cm³/mol. The zero-order valence-electron chi connectivity index (χ0n) is 12.2. The van der Waals surface area contributed by atoms with Crippen molar-refractivity contribution in [3.05, 3.63) is 39.3 Å². The Morgan fingerprint density at radius 1 is 1.36 bits per heavy atom. The summed E-state index contributed by atoms with van der Waals surface area (Å²) in [6, 6.07) is 3.39. The first-order valence-electron chi connectivity index (χ1n) is 7.18. The normalized spacial score (nSPS) is 15.3. The number of carbonyl (C=O) groups excluding carboxylic acids is 1. The molecule has 2 aromatic rings. The quantitative estimate of drug-likeness (QED) is 0.787. The highest BCUT2D eigenvalue weighted by atomic mass is 35.5. The lowest BCUT2D eigenvalue weighted by molar-refractivity contribution is 0.0301. The fourth-order valence-corrected chi connectivity index (χ4v) is 2.74. The van der Waals surface area contributed by atoms with Gasteiger partial charge in [0.25, 0.3) is 5.91 Å². The molecule has 0 aromatic carbocycles. The Hall–Kier alpha value is -1.92. The van der Waals surface area contributed by atoms with Gasteiger partial charge in [0.1, 0.15) is 16.2 Å². The fourth-order valence-electron chi connectivity index (χ4n) is 2.59. The van der Waals surface area contributed by atoms with Gasteiger partial charge in [0.2, 0.25) is 5.43 Å². The summed E-state index contributed by atoms with van der Waals surface area (Å²) in [4.78, 5) is 31.0. The van der Waals surface area contributed by atoms with Gasteiger partial charge in [0.05, 0.1) is 18.7 Å². The number of carbonyl (C=O) groups is 1. The van der Waals surface area contributed by atoms with E-state index in [1.54, 1.807) is 23.2 Å². The van der Waals surface area contributed by atoms with Crippen LogP contribution < -0.4 is 5.43 Å². The standard InChI is InChI=1S/C15H16ClN3O3/c1-2-18-9-10(15(21)19-5-7-22-8-6-19)14(20)13-11(18)3-4-12(16)17-13/h3-4,9H,2,5-8H2,1H3. The van der Waals surface area contributed by atoms with Gasteiger partial charge in [-0.2, -0.15) is 0 Å². The van der Waals surface area contributed by atoms with Crippen molar-refractivity contribution in [2.45, 2.75) is 13.5 Å². The van der Waals surface area contributed by atoms with Crippen molar-refractivity contribution in [2.24, 2.45) is 0 Å². The van der Waals surface area contributed by atoms with E-state index < -0.39 is 0 Å². The number of fused-ring (bicyclic) bond motifs is 1. The smallest absolute Gasteiger partial charge is 0.259 e. The molecule has 0 N–H and O–H groups in total. The highest BCUT2D eigenvalue weighted by molar-refractivity contribution is 6.29. The van der Waals surface area contributed by atoms with E-state index in [0.717, 1.165) is 0 Å². The van der Waals surface area contributed by atoms with Crippen LogP contribution in [0.5, 0.6) is 0 Å². The Kier molecular flexibility index (Phi) is 4.13. The molecule has 22 heavy (non-hydrogen) atoms. The summed E-state index contributed by atoms with van der Waals surface area (Å²) in [6.07, 6.45) is 1.61. The second-order valence-corrected chi connectivity index (χ2v) is 5.45. The second-order valence-electron chi connectivity index (χ2n) is 5.06. The first kappa shape index (κ1) is 15.0. The van der Waals surface area contributed by atoms with Crippen LogP contribution in [0.1, 0.15) is 17.3 Å². The third-order valence-electron chi connectivity index (χ3n) is 3.76. The van der Waals surface area contributed by atoms with Gasteiger partial charge >= 0.3 is 0 Å². The summed E-state index contributed by atoms with van der Waals surface area (Å²) in [5.74, 6) is -0.279. The van der Waals surface area contributed by atoms with Crippen molar-refractivity contribution < 1.29 is 9.53 Å². The van der Waals surface area contributed by atoms with Gasteiger partial charge in [-0.1, -0.05) is 11.6 Å². The van der Waals surface area contributed by atoms with E-state index in [-0.39, 0.29) is 27.6 Å². The van der Waals surface area contributed by atoms with Crippen molar-refractivity contribution in [3.8, 4) is 0 Å². The van der Waals surface area contributed by atoms with Crippen LogP contribution in [0.25, 0.3) is 11.0 Å². The number of morpholine rings is 1. The van der Waals surface area contributed by atoms with Crippen molar-refractivity contribution in [2.75, 3.05) is 26.3 Å². The number of hydrogen-bond acceptors (Lipinski definition) is 4. The molecule has 1 aliphatic rings. The Labute approximate surface area is 132 Å². The molecule has 7 heteroatoms. The van der Waals surface area contributed by atoms with E-state index in [1.807, 2.05) is 11.5 Å². The minimum Gasteiger partial charge on any atom is -0.378 e. The number of aryl methyl sites for hydroxylation is 1. The maximum absolute atomic E-state index is 12.6. The Bertz CT molecular complexity index is 781. The Morgan fingerprint density at radius 2 is 2.09 bits per heavy atom. The Balaban J connectivity index is 2.15. The van der Waals surface area contributed by atoms with E-state index in [2.05, 4.69) is 4.98 Å². The van der Waals surface area contributed by atoms with Crippen LogP contribution in [-0.2, 0) is 11.3 Å². The van der Waals surface area contributed by atoms with Crippen molar-refractivity contribution in [3.63, 3.8) is 0 Å². The highest BCUT2D eigenvalue weighted by Crippen LogP contribution is 2.15. The van der Waals surface area contributed by atoms with Crippen LogP contribution in [0.2, 0.25) is 5.15 Å². The van der Waals surface area contributed by atoms with Crippen LogP contribution in [0, 0.1) is 0 Å². The van der Waals surface area contributed by atoms with Crippen LogP contribution in [0.15, 0.2) is 23.1 Å². The molecule has 0 spiro atoms. The summed E-state index contributed by atoms with van der Waals surface area (Å²) in [6.45, 7) is 4.54. The van der Waals surface area contributed by atoms with Gasteiger partial charge < -0.3 is 14.2 Å². The molecule has 0 aliphatic carbocycles. The molecule has 0 atom stereocenters. The van der Waals surface area contributed by atoms with E-state index in [4.69, 9.17) is 16.3 Å². The maximum Gasteiger partial charge on any atom is 0.259 e. The van der Waals surface area contributed by atoms with Crippen molar-refractivity contribution in [1.29, 1.82) is 0 Å². The van der Waals surface area contributed by atoms with Gasteiger partial charge in [-0.05, 0) is 19.1 Å². The summed E-state index contributed by atoms with van der Waals surface area (Å²) < 4.78 is 7.08. The highest BCUT2D eigenvalue weighted by Gasteiger charge is 2.23. The summed E-state index contributed by atoms with van der Waals surface area (Å²) in [7, 11) is 0. The molecule has 3 rings (SSSR count). The molecule has 0 unspecified atom stereocenters.